The van der Waals surface area contributed by atoms with E-state index in [1.54, 1.807) is 36.4 Å². The molecule has 1 amide bonds. The monoisotopic (exact) mass is 391 g/mol. The fourth-order valence-electron chi connectivity index (χ4n) is 2.37. The maximum absolute atomic E-state index is 12.1. The molecule has 142 valence electrons. The van der Waals surface area contributed by atoms with Crippen LogP contribution in [0.25, 0.3) is 0 Å². The quantitative estimate of drug-likeness (QED) is 0.731. The third-order valence-corrected chi connectivity index (χ3v) is 4.08. The van der Waals surface area contributed by atoms with Gasteiger partial charge < -0.3 is 24.3 Å². The van der Waals surface area contributed by atoms with Gasteiger partial charge in [-0.3, -0.25) is 4.79 Å². The lowest BCUT2D eigenvalue weighted by atomic mass is 10.2. The van der Waals surface area contributed by atoms with Crippen LogP contribution in [0, 0.1) is 0 Å². The fraction of sp³-hybridized carbons (Fsp3) is 0.263. The van der Waals surface area contributed by atoms with E-state index < -0.39 is 18.0 Å². The van der Waals surface area contributed by atoms with Gasteiger partial charge in [-0.15, -0.1) is 0 Å². The van der Waals surface area contributed by atoms with Crippen LogP contribution in [-0.4, -0.2) is 31.4 Å². The molecule has 1 N–H and O–H groups in total. The second kappa shape index (κ2) is 8.64. The molecule has 1 atom stereocenters. The summed E-state index contributed by atoms with van der Waals surface area (Å²) in [6, 6.07) is 12.2. The summed E-state index contributed by atoms with van der Waals surface area (Å²) in [5.74, 6) is 0.597. The molecule has 3 rings (SSSR count). The van der Waals surface area contributed by atoms with Crippen LogP contribution >= 0.6 is 11.6 Å². The van der Waals surface area contributed by atoms with Gasteiger partial charge >= 0.3 is 5.97 Å². The Morgan fingerprint density at radius 1 is 1.19 bits per heavy atom. The van der Waals surface area contributed by atoms with Crippen molar-refractivity contribution in [1.82, 2.24) is 5.32 Å². The van der Waals surface area contributed by atoms with Gasteiger partial charge in [-0.1, -0.05) is 29.8 Å². The minimum atomic E-state index is -0.957. The van der Waals surface area contributed by atoms with E-state index in [1.165, 1.54) is 6.92 Å². The minimum Gasteiger partial charge on any atom is -0.480 e. The number of nitrogens with one attached hydrogen (secondary N) is 1. The summed E-state index contributed by atoms with van der Waals surface area (Å²) < 4.78 is 20.9. The van der Waals surface area contributed by atoms with Gasteiger partial charge in [-0.2, -0.15) is 0 Å². The lowest BCUT2D eigenvalue weighted by Gasteiger charge is -2.14. The molecule has 0 spiro atoms. The Balaban J connectivity index is 1.43. The molecule has 2 aromatic carbocycles. The van der Waals surface area contributed by atoms with Crippen molar-refractivity contribution in [2.24, 2.45) is 0 Å². The Morgan fingerprint density at radius 2 is 1.96 bits per heavy atom. The molecule has 7 nitrogen and oxygen atoms in total. The van der Waals surface area contributed by atoms with Gasteiger partial charge in [0.1, 0.15) is 5.75 Å². The van der Waals surface area contributed by atoms with Gasteiger partial charge in [-0.25, -0.2) is 4.79 Å². The van der Waals surface area contributed by atoms with Crippen molar-refractivity contribution in [2.45, 2.75) is 19.6 Å². The van der Waals surface area contributed by atoms with Gasteiger partial charge in [0.2, 0.25) is 6.79 Å². The summed E-state index contributed by atoms with van der Waals surface area (Å²) in [6.45, 7) is 1.60. The first-order chi connectivity index (χ1) is 13.0. The number of hydrogen-bond donors (Lipinski definition) is 1. The molecule has 0 bridgehead atoms. The van der Waals surface area contributed by atoms with E-state index in [-0.39, 0.29) is 19.9 Å². The van der Waals surface area contributed by atoms with Crippen molar-refractivity contribution in [3.8, 4) is 17.2 Å². The van der Waals surface area contributed by atoms with Gasteiger partial charge in [0.25, 0.3) is 5.91 Å². The fourth-order valence-corrected chi connectivity index (χ4v) is 2.56. The number of benzene rings is 2. The Morgan fingerprint density at radius 3 is 2.78 bits per heavy atom. The molecule has 0 saturated heterocycles. The SMILES string of the molecule is C[C@H](OC(=O)COc1ccccc1Cl)C(=O)NCc1ccc2c(c1)OCO2. The first-order valence-electron chi connectivity index (χ1n) is 8.26. The summed E-state index contributed by atoms with van der Waals surface area (Å²) in [6.07, 6.45) is -0.957. The number of para-hydroxylation sites is 1. The lowest BCUT2D eigenvalue weighted by molar-refractivity contribution is -0.156. The molecule has 1 aliphatic rings. The zero-order valence-electron chi connectivity index (χ0n) is 14.6. The number of halogens is 1. The lowest BCUT2D eigenvalue weighted by Crippen LogP contribution is -2.36. The van der Waals surface area contributed by atoms with E-state index >= 15 is 0 Å². The highest BCUT2D eigenvalue weighted by Crippen LogP contribution is 2.32. The standard InChI is InChI=1S/C19H18ClNO6/c1-12(27-18(22)10-24-15-5-3-2-4-14(15)20)19(23)21-9-13-6-7-16-17(8-13)26-11-25-16/h2-8,12H,9-11H2,1H3,(H,21,23)/t12-/m0/s1. The average molecular weight is 392 g/mol. The Hall–Kier alpha value is -2.93. The van der Waals surface area contributed by atoms with Crippen LogP contribution in [0.4, 0.5) is 0 Å². The Labute approximate surface area is 161 Å². The molecule has 0 radical (unpaired) electrons. The van der Waals surface area contributed by atoms with E-state index in [1.807, 2.05) is 6.07 Å². The van der Waals surface area contributed by atoms with E-state index in [4.69, 9.17) is 30.5 Å². The van der Waals surface area contributed by atoms with Crippen LogP contribution < -0.4 is 19.5 Å². The molecular formula is C19H18ClNO6. The van der Waals surface area contributed by atoms with Crippen LogP contribution in [-0.2, 0) is 20.9 Å². The molecular weight excluding hydrogens is 374 g/mol. The topological polar surface area (TPSA) is 83.1 Å². The molecule has 0 unspecified atom stereocenters. The predicted octanol–water partition coefficient (Wildman–Crippen LogP) is 2.70. The molecule has 0 fully saturated rings. The molecule has 0 aliphatic carbocycles. The molecule has 1 aliphatic heterocycles. The first kappa shape index (κ1) is 18.8. The third-order valence-electron chi connectivity index (χ3n) is 3.76. The van der Waals surface area contributed by atoms with E-state index in [9.17, 15) is 9.59 Å². The number of fused-ring (bicyclic) bond motifs is 1. The summed E-state index contributed by atoms with van der Waals surface area (Å²) in [5, 5.41) is 3.09. The van der Waals surface area contributed by atoms with Crippen LogP contribution in [0.15, 0.2) is 42.5 Å². The minimum absolute atomic E-state index is 0.189. The normalized spacial score (nSPS) is 13.0. The predicted molar refractivity (Wildman–Crippen MR) is 96.9 cm³/mol. The van der Waals surface area contributed by atoms with Crippen molar-refractivity contribution in [2.75, 3.05) is 13.4 Å². The first-order valence-corrected chi connectivity index (χ1v) is 8.64. The van der Waals surface area contributed by atoms with Gasteiger partial charge in [0.15, 0.2) is 24.2 Å². The highest BCUT2D eigenvalue weighted by atomic mass is 35.5. The summed E-state index contributed by atoms with van der Waals surface area (Å²) >= 11 is 5.94. The summed E-state index contributed by atoms with van der Waals surface area (Å²) in [7, 11) is 0. The number of carbonyl (C=O) groups is 2. The number of carbonyl (C=O) groups excluding carboxylic acids is 2. The largest absolute Gasteiger partial charge is 0.480 e. The second-order valence-electron chi connectivity index (χ2n) is 5.76. The van der Waals surface area contributed by atoms with Crippen LogP contribution in [0.2, 0.25) is 5.02 Å². The molecule has 1 heterocycles. The summed E-state index contributed by atoms with van der Waals surface area (Å²) in [4.78, 5) is 24.0. The Kier molecular flexibility index (Phi) is 6.03. The molecule has 0 aromatic heterocycles. The van der Waals surface area contributed by atoms with E-state index in [2.05, 4.69) is 5.32 Å². The number of amides is 1. The zero-order valence-corrected chi connectivity index (χ0v) is 15.3. The molecule has 2 aromatic rings. The number of esters is 1. The third kappa shape index (κ3) is 5.04. The number of hydrogen-bond acceptors (Lipinski definition) is 6. The van der Waals surface area contributed by atoms with Gasteiger partial charge in [0, 0.05) is 6.54 Å². The molecule has 0 saturated carbocycles. The van der Waals surface area contributed by atoms with E-state index in [0.29, 0.717) is 22.3 Å². The number of rotatable bonds is 7. The van der Waals surface area contributed by atoms with Gasteiger partial charge in [0.05, 0.1) is 5.02 Å². The average Bonchev–Trinajstić information content (AvgIpc) is 3.13. The van der Waals surface area contributed by atoms with Crippen molar-refractivity contribution in [3.05, 3.63) is 53.1 Å². The van der Waals surface area contributed by atoms with Crippen LogP contribution in [0.5, 0.6) is 17.2 Å². The van der Waals surface area contributed by atoms with E-state index in [0.717, 1.165) is 5.56 Å². The smallest absolute Gasteiger partial charge is 0.344 e. The van der Waals surface area contributed by atoms with Crippen molar-refractivity contribution in [3.63, 3.8) is 0 Å². The van der Waals surface area contributed by atoms with Crippen molar-refractivity contribution < 1.29 is 28.5 Å². The van der Waals surface area contributed by atoms with Crippen LogP contribution in [0.3, 0.4) is 0 Å². The van der Waals surface area contributed by atoms with Crippen molar-refractivity contribution >= 4 is 23.5 Å². The maximum Gasteiger partial charge on any atom is 0.344 e. The molecule has 8 heteroatoms. The highest BCUT2D eigenvalue weighted by Gasteiger charge is 2.19. The number of ether oxygens (including phenoxy) is 4. The highest BCUT2D eigenvalue weighted by molar-refractivity contribution is 6.32. The zero-order chi connectivity index (χ0) is 19.2. The summed E-state index contributed by atoms with van der Waals surface area (Å²) in [5.41, 5.74) is 0.841. The van der Waals surface area contributed by atoms with Gasteiger partial charge in [-0.05, 0) is 36.8 Å². The maximum atomic E-state index is 12.1. The second-order valence-corrected chi connectivity index (χ2v) is 6.16. The Bertz CT molecular complexity index is 841. The molecule has 27 heavy (non-hydrogen) atoms. The van der Waals surface area contributed by atoms with Crippen LogP contribution in [0.1, 0.15) is 12.5 Å². The van der Waals surface area contributed by atoms with Crippen molar-refractivity contribution in [1.29, 1.82) is 0 Å².